The summed E-state index contributed by atoms with van der Waals surface area (Å²) in [7, 11) is 0. The van der Waals surface area contributed by atoms with Crippen LogP contribution < -0.4 is 5.32 Å². The molecule has 0 unspecified atom stereocenters. The first-order valence-electron chi connectivity index (χ1n) is 9.10. The van der Waals surface area contributed by atoms with Gasteiger partial charge in [-0.1, -0.05) is 6.92 Å². The third kappa shape index (κ3) is 4.51. The van der Waals surface area contributed by atoms with E-state index in [-0.39, 0.29) is 5.91 Å². The van der Waals surface area contributed by atoms with Crippen molar-refractivity contribution in [2.75, 3.05) is 19.6 Å². The fourth-order valence-electron chi connectivity index (χ4n) is 3.17. The lowest BCUT2D eigenvalue weighted by molar-refractivity contribution is 0.0919. The molecule has 0 aliphatic carbocycles. The average Bonchev–Trinajstić information content (AvgIpc) is 3.19. The van der Waals surface area contributed by atoms with Gasteiger partial charge < -0.3 is 14.3 Å². The first kappa shape index (κ1) is 17.7. The Morgan fingerprint density at radius 3 is 2.76 bits per heavy atom. The largest absolute Gasteiger partial charge is 0.455 e. The van der Waals surface area contributed by atoms with Gasteiger partial charge in [-0.2, -0.15) is 0 Å². The minimum absolute atomic E-state index is 0.159. The third-order valence-corrected chi connectivity index (χ3v) is 5.12. The monoisotopic (exact) mass is 344 g/mol. The molecule has 1 aliphatic heterocycles. The van der Waals surface area contributed by atoms with E-state index in [1.54, 1.807) is 12.4 Å². The number of carbonyl (C=O) groups is 1. The van der Waals surface area contributed by atoms with Crippen molar-refractivity contribution >= 4 is 5.91 Å². The first-order valence-corrected chi connectivity index (χ1v) is 9.10. The van der Waals surface area contributed by atoms with Gasteiger partial charge in [0, 0.05) is 18.8 Å². The normalized spacial score (nSPS) is 16.3. The molecule has 0 spiro atoms. The smallest absolute Gasteiger partial charge is 0.287 e. The maximum absolute atomic E-state index is 12.2. The fraction of sp³-hybridized carbons (Fsp3) is 0.579. The molecular weight excluding hydrogens is 316 g/mol. The summed E-state index contributed by atoms with van der Waals surface area (Å²) >= 11 is 0. The van der Waals surface area contributed by atoms with Crippen molar-refractivity contribution in [1.82, 2.24) is 19.8 Å². The second kappa shape index (κ2) is 7.87. The summed E-state index contributed by atoms with van der Waals surface area (Å²) in [6, 6.07) is 3.68. The summed E-state index contributed by atoms with van der Waals surface area (Å²) in [5.41, 5.74) is 2.15. The van der Waals surface area contributed by atoms with Gasteiger partial charge in [-0.3, -0.25) is 9.69 Å². The number of aromatic nitrogens is 2. The molecule has 136 valence electrons. The van der Waals surface area contributed by atoms with E-state index in [0.29, 0.717) is 18.8 Å². The van der Waals surface area contributed by atoms with Crippen LogP contribution in [0.25, 0.3) is 0 Å². The number of likely N-dealkylation sites (tertiary alicyclic amines) is 1. The van der Waals surface area contributed by atoms with E-state index < -0.39 is 0 Å². The zero-order chi connectivity index (χ0) is 17.8. The van der Waals surface area contributed by atoms with E-state index >= 15 is 0 Å². The molecule has 3 rings (SSSR count). The van der Waals surface area contributed by atoms with E-state index in [9.17, 15) is 4.79 Å². The molecule has 1 amide bonds. The van der Waals surface area contributed by atoms with Crippen LogP contribution in [0.3, 0.4) is 0 Å². The highest BCUT2D eigenvalue weighted by molar-refractivity contribution is 5.91. The van der Waals surface area contributed by atoms with Crippen LogP contribution in [-0.2, 0) is 13.1 Å². The number of piperidine rings is 1. The number of hydrogen-bond acceptors (Lipinski definition) is 4. The third-order valence-electron chi connectivity index (χ3n) is 5.12. The van der Waals surface area contributed by atoms with Crippen LogP contribution in [0.4, 0.5) is 0 Å². The van der Waals surface area contributed by atoms with Gasteiger partial charge in [-0.05, 0) is 57.8 Å². The lowest BCUT2D eigenvalue weighted by atomic mass is 9.99. The van der Waals surface area contributed by atoms with Crippen LogP contribution in [0.5, 0.6) is 0 Å². The van der Waals surface area contributed by atoms with E-state index in [1.807, 2.05) is 24.5 Å². The predicted octanol–water partition coefficient (Wildman–Crippen LogP) is 2.75. The standard InChI is InChI=1S/C19H28N4O2/c1-14-6-9-22(10-7-14)12-17-4-5-18(25-17)19(24)20-8-11-23-13-21-15(2)16(23)3/h4-5,13-14H,6-12H2,1-3H3,(H,20,24). The molecule has 1 N–H and O–H groups in total. The van der Waals surface area contributed by atoms with E-state index in [0.717, 1.165) is 42.7 Å². The highest BCUT2D eigenvalue weighted by Gasteiger charge is 2.18. The lowest BCUT2D eigenvalue weighted by Crippen LogP contribution is -2.32. The minimum Gasteiger partial charge on any atom is -0.455 e. The molecular formula is C19H28N4O2. The van der Waals surface area contributed by atoms with Crippen molar-refractivity contribution in [3.8, 4) is 0 Å². The molecule has 0 bridgehead atoms. The van der Waals surface area contributed by atoms with Crippen LogP contribution >= 0.6 is 0 Å². The summed E-state index contributed by atoms with van der Waals surface area (Å²) in [6.45, 7) is 10.6. The molecule has 0 aromatic carbocycles. The Hall–Kier alpha value is -2.08. The summed E-state index contributed by atoms with van der Waals surface area (Å²) in [4.78, 5) is 18.9. The van der Waals surface area contributed by atoms with Gasteiger partial charge in [0.15, 0.2) is 5.76 Å². The molecule has 2 aromatic rings. The Kier molecular flexibility index (Phi) is 5.58. The topological polar surface area (TPSA) is 63.3 Å². The Morgan fingerprint density at radius 2 is 2.08 bits per heavy atom. The van der Waals surface area contributed by atoms with Crippen LogP contribution in [0.2, 0.25) is 0 Å². The maximum Gasteiger partial charge on any atom is 0.287 e. The number of nitrogens with zero attached hydrogens (tertiary/aromatic N) is 3. The number of aryl methyl sites for hydroxylation is 1. The maximum atomic E-state index is 12.2. The van der Waals surface area contributed by atoms with Gasteiger partial charge in [-0.25, -0.2) is 4.98 Å². The number of hydrogen-bond donors (Lipinski definition) is 1. The van der Waals surface area contributed by atoms with Crippen LogP contribution in [0, 0.1) is 19.8 Å². The zero-order valence-electron chi connectivity index (χ0n) is 15.4. The van der Waals surface area contributed by atoms with Crippen molar-refractivity contribution in [2.24, 2.45) is 5.92 Å². The van der Waals surface area contributed by atoms with Crippen LogP contribution in [0.1, 0.15) is 47.5 Å². The first-order chi connectivity index (χ1) is 12.0. The van der Waals surface area contributed by atoms with Crippen molar-refractivity contribution < 1.29 is 9.21 Å². The molecule has 6 heteroatoms. The molecule has 3 heterocycles. The summed E-state index contributed by atoms with van der Waals surface area (Å²) in [5, 5.41) is 2.91. The number of furan rings is 1. The number of rotatable bonds is 6. The number of imidazole rings is 1. The molecule has 1 saturated heterocycles. The Balaban J connectivity index is 1.46. The zero-order valence-corrected chi connectivity index (χ0v) is 15.4. The summed E-state index contributed by atoms with van der Waals surface area (Å²) in [5.74, 6) is 1.91. The molecule has 6 nitrogen and oxygen atoms in total. The highest BCUT2D eigenvalue weighted by atomic mass is 16.4. The van der Waals surface area contributed by atoms with Gasteiger partial charge in [0.25, 0.3) is 5.91 Å². The summed E-state index contributed by atoms with van der Waals surface area (Å²) < 4.78 is 7.77. The predicted molar refractivity (Wildman–Crippen MR) is 96.4 cm³/mol. The van der Waals surface area contributed by atoms with Crippen molar-refractivity contribution in [1.29, 1.82) is 0 Å². The SMILES string of the molecule is Cc1ncn(CCNC(=O)c2ccc(CN3CCC(C)CC3)o2)c1C. The average molecular weight is 344 g/mol. The van der Waals surface area contributed by atoms with Crippen molar-refractivity contribution in [2.45, 2.75) is 46.7 Å². The molecule has 2 aromatic heterocycles. The molecule has 0 saturated carbocycles. The Bertz CT molecular complexity index is 711. The van der Waals surface area contributed by atoms with Gasteiger partial charge in [0.1, 0.15) is 5.76 Å². The van der Waals surface area contributed by atoms with E-state index in [4.69, 9.17) is 4.42 Å². The molecule has 1 aliphatic rings. The van der Waals surface area contributed by atoms with Crippen molar-refractivity contribution in [3.63, 3.8) is 0 Å². The van der Waals surface area contributed by atoms with Crippen LogP contribution in [-0.4, -0.2) is 40.0 Å². The molecule has 1 fully saturated rings. The van der Waals surface area contributed by atoms with Gasteiger partial charge in [0.2, 0.25) is 0 Å². The fourth-order valence-corrected chi connectivity index (χ4v) is 3.17. The molecule has 0 atom stereocenters. The van der Waals surface area contributed by atoms with E-state index in [1.165, 1.54) is 12.8 Å². The van der Waals surface area contributed by atoms with Crippen LogP contribution in [0.15, 0.2) is 22.9 Å². The Labute approximate surface area is 149 Å². The number of amides is 1. The molecule has 0 radical (unpaired) electrons. The second-order valence-corrected chi connectivity index (χ2v) is 7.09. The second-order valence-electron chi connectivity index (χ2n) is 7.09. The van der Waals surface area contributed by atoms with E-state index in [2.05, 4.69) is 22.1 Å². The highest BCUT2D eigenvalue weighted by Crippen LogP contribution is 2.19. The lowest BCUT2D eigenvalue weighted by Gasteiger charge is -2.29. The minimum atomic E-state index is -0.159. The molecule has 25 heavy (non-hydrogen) atoms. The van der Waals surface area contributed by atoms with Gasteiger partial charge in [0.05, 0.1) is 18.6 Å². The number of carbonyl (C=O) groups excluding carboxylic acids is 1. The Morgan fingerprint density at radius 1 is 1.32 bits per heavy atom. The van der Waals surface area contributed by atoms with Gasteiger partial charge >= 0.3 is 0 Å². The summed E-state index contributed by atoms with van der Waals surface area (Å²) in [6.07, 6.45) is 4.28. The van der Waals surface area contributed by atoms with Gasteiger partial charge in [-0.15, -0.1) is 0 Å². The quantitative estimate of drug-likeness (QED) is 0.875. The number of nitrogens with one attached hydrogen (secondary N) is 1. The van der Waals surface area contributed by atoms with Crippen molar-refractivity contribution in [3.05, 3.63) is 41.4 Å².